The number of methoxy groups -OCH3 is 1. The van der Waals surface area contributed by atoms with Gasteiger partial charge in [-0.05, 0) is 36.3 Å². The second kappa shape index (κ2) is 8.92. The summed E-state index contributed by atoms with van der Waals surface area (Å²) in [5, 5.41) is 3.07. The minimum atomic E-state index is -0.669. The highest BCUT2D eigenvalue weighted by Gasteiger charge is 2.42. The summed E-state index contributed by atoms with van der Waals surface area (Å²) < 4.78 is 31.8. The van der Waals surface area contributed by atoms with Gasteiger partial charge in [0.2, 0.25) is 5.91 Å². The Hall–Kier alpha value is -1.24. The highest BCUT2D eigenvalue weighted by molar-refractivity contribution is 5.85. The molecule has 1 N–H and O–H groups in total. The molecule has 0 radical (unpaired) electrons. The van der Waals surface area contributed by atoms with Crippen molar-refractivity contribution in [3.05, 3.63) is 35.4 Å². The third kappa shape index (κ3) is 5.36. The van der Waals surface area contributed by atoms with Crippen LogP contribution in [0.5, 0.6) is 0 Å². The molecule has 140 valence electrons. The van der Waals surface area contributed by atoms with Crippen LogP contribution < -0.4 is 5.32 Å². The molecule has 0 spiro atoms. The van der Waals surface area contributed by atoms with Gasteiger partial charge in [0.05, 0.1) is 13.0 Å². The molecular formula is C18H25ClF2N2O2. The summed E-state index contributed by atoms with van der Waals surface area (Å²) in [7, 11) is 1.69. The first kappa shape index (κ1) is 20.1. The number of nitrogens with zero attached hydrogens (tertiary/aromatic N) is 1. The standard InChI is InChI=1S/C18H24F2N2O2.ClH/c1-24-7-6-22-10-15(12-2-3-12)17(11-22)21-18(23)8-13-4-5-14(19)9-16(13)20;/h4-5,9,12,15,17H,2-3,6-8,10-11H2,1H3,(H,21,23);1H/t15-,17+;/m1./s1. The molecule has 2 aliphatic rings. The first-order valence-electron chi connectivity index (χ1n) is 8.51. The van der Waals surface area contributed by atoms with Crippen molar-refractivity contribution in [2.24, 2.45) is 11.8 Å². The van der Waals surface area contributed by atoms with Crippen LogP contribution >= 0.6 is 12.4 Å². The van der Waals surface area contributed by atoms with Crippen molar-refractivity contribution in [3.63, 3.8) is 0 Å². The Morgan fingerprint density at radius 2 is 2.08 bits per heavy atom. The fraction of sp³-hybridized carbons (Fsp3) is 0.611. The lowest BCUT2D eigenvalue weighted by Crippen LogP contribution is -2.42. The summed E-state index contributed by atoms with van der Waals surface area (Å²) in [5.41, 5.74) is 0.228. The number of hydrogen-bond donors (Lipinski definition) is 1. The molecule has 1 amide bonds. The van der Waals surface area contributed by atoms with E-state index in [0.29, 0.717) is 18.4 Å². The topological polar surface area (TPSA) is 41.6 Å². The van der Waals surface area contributed by atoms with Crippen molar-refractivity contribution in [2.45, 2.75) is 25.3 Å². The van der Waals surface area contributed by atoms with Crippen molar-refractivity contribution in [3.8, 4) is 0 Å². The molecule has 2 atom stereocenters. The van der Waals surface area contributed by atoms with Crippen LogP contribution in [0.1, 0.15) is 18.4 Å². The normalized spacial score (nSPS) is 23.3. The molecule has 25 heavy (non-hydrogen) atoms. The Bertz CT molecular complexity index is 598. The van der Waals surface area contributed by atoms with E-state index >= 15 is 0 Å². The first-order valence-corrected chi connectivity index (χ1v) is 8.51. The molecule has 1 aliphatic carbocycles. The number of carbonyl (C=O) groups is 1. The summed E-state index contributed by atoms with van der Waals surface area (Å²) in [5.74, 6) is -0.355. The summed E-state index contributed by atoms with van der Waals surface area (Å²) >= 11 is 0. The Morgan fingerprint density at radius 3 is 2.72 bits per heavy atom. The van der Waals surface area contributed by atoms with Crippen LogP contribution in [-0.4, -0.2) is 50.2 Å². The average molecular weight is 375 g/mol. The predicted molar refractivity (Wildman–Crippen MR) is 93.8 cm³/mol. The number of carbonyl (C=O) groups excluding carboxylic acids is 1. The number of ether oxygens (including phenoxy) is 1. The van der Waals surface area contributed by atoms with Crippen molar-refractivity contribution in [1.82, 2.24) is 10.2 Å². The van der Waals surface area contributed by atoms with Crippen LogP contribution in [0.2, 0.25) is 0 Å². The van der Waals surface area contributed by atoms with Gasteiger partial charge in [0.15, 0.2) is 0 Å². The van der Waals surface area contributed by atoms with Crippen molar-refractivity contribution in [2.75, 3.05) is 33.4 Å². The highest BCUT2D eigenvalue weighted by Crippen LogP contribution is 2.41. The summed E-state index contributed by atoms with van der Waals surface area (Å²) in [6, 6.07) is 3.44. The fourth-order valence-electron chi connectivity index (χ4n) is 3.57. The van der Waals surface area contributed by atoms with Gasteiger partial charge in [0.25, 0.3) is 0 Å². The molecule has 1 heterocycles. The van der Waals surface area contributed by atoms with Gasteiger partial charge in [-0.25, -0.2) is 8.78 Å². The van der Waals surface area contributed by atoms with Gasteiger partial charge in [0, 0.05) is 38.9 Å². The largest absolute Gasteiger partial charge is 0.383 e. The van der Waals surface area contributed by atoms with E-state index in [1.807, 2.05) is 0 Å². The lowest BCUT2D eigenvalue weighted by Gasteiger charge is -2.19. The van der Waals surface area contributed by atoms with Crippen molar-refractivity contribution in [1.29, 1.82) is 0 Å². The summed E-state index contributed by atoms with van der Waals surface area (Å²) in [6.07, 6.45) is 2.39. The lowest BCUT2D eigenvalue weighted by atomic mass is 9.98. The molecule has 7 heteroatoms. The molecular weight excluding hydrogens is 350 g/mol. The quantitative estimate of drug-likeness (QED) is 0.797. The number of likely N-dealkylation sites (tertiary alicyclic amines) is 1. The van der Waals surface area contributed by atoms with Gasteiger partial charge >= 0.3 is 0 Å². The molecule has 3 rings (SSSR count). The van der Waals surface area contributed by atoms with Gasteiger partial charge in [-0.15, -0.1) is 12.4 Å². The molecule has 1 saturated heterocycles. The lowest BCUT2D eigenvalue weighted by molar-refractivity contribution is -0.121. The Labute approximate surface area is 153 Å². The Kier molecular flexibility index (Phi) is 7.16. The zero-order valence-electron chi connectivity index (χ0n) is 14.3. The number of rotatable bonds is 7. The van der Waals surface area contributed by atoms with Crippen LogP contribution in [0, 0.1) is 23.5 Å². The van der Waals surface area contributed by atoms with E-state index in [9.17, 15) is 13.6 Å². The number of amides is 1. The number of nitrogens with one attached hydrogen (secondary N) is 1. The first-order chi connectivity index (χ1) is 11.6. The second-order valence-corrected chi connectivity index (χ2v) is 6.84. The minimum Gasteiger partial charge on any atom is -0.383 e. The zero-order valence-corrected chi connectivity index (χ0v) is 15.2. The minimum absolute atomic E-state index is 0. The molecule has 4 nitrogen and oxygen atoms in total. The summed E-state index contributed by atoms with van der Waals surface area (Å²) in [6.45, 7) is 3.32. The molecule has 1 aromatic carbocycles. The smallest absolute Gasteiger partial charge is 0.224 e. The number of benzene rings is 1. The Morgan fingerprint density at radius 1 is 1.32 bits per heavy atom. The van der Waals surface area contributed by atoms with Crippen molar-refractivity contribution >= 4 is 18.3 Å². The van der Waals surface area contributed by atoms with Crippen LogP contribution in [0.25, 0.3) is 0 Å². The molecule has 0 aromatic heterocycles. The van der Waals surface area contributed by atoms with Gasteiger partial charge in [0.1, 0.15) is 11.6 Å². The monoisotopic (exact) mass is 374 g/mol. The van der Waals surface area contributed by atoms with Gasteiger partial charge in [-0.1, -0.05) is 6.07 Å². The van der Waals surface area contributed by atoms with E-state index in [0.717, 1.165) is 25.7 Å². The molecule has 0 bridgehead atoms. The molecule has 1 aromatic rings. The maximum atomic E-state index is 13.7. The van der Waals surface area contributed by atoms with Crippen LogP contribution in [0.3, 0.4) is 0 Å². The maximum absolute atomic E-state index is 13.7. The highest BCUT2D eigenvalue weighted by atomic mass is 35.5. The third-order valence-corrected chi connectivity index (χ3v) is 4.99. The fourth-order valence-corrected chi connectivity index (χ4v) is 3.57. The average Bonchev–Trinajstić information content (AvgIpc) is 3.30. The van der Waals surface area contributed by atoms with Gasteiger partial charge < -0.3 is 10.1 Å². The van der Waals surface area contributed by atoms with E-state index in [1.54, 1.807) is 7.11 Å². The third-order valence-electron chi connectivity index (χ3n) is 4.99. The summed E-state index contributed by atoms with van der Waals surface area (Å²) in [4.78, 5) is 14.6. The van der Waals surface area contributed by atoms with Crippen LogP contribution in [-0.2, 0) is 16.0 Å². The van der Waals surface area contributed by atoms with E-state index in [2.05, 4.69) is 10.2 Å². The van der Waals surface area contributed by atoms with Crippen LogP contribution in [0.15, 0.2) is 18.2 Å². The molecule has 1 saturated carbocycles. The second-order valence-electron chi connectivity index (χ2n) is 6.84. The number of hydrogen-bond acceptors (Lipinski definition) is 3. The van der Waals surface area contributed by atoms with Gasteiger partial charge in [-0.3, -0.25) is 9.69 Å². The SMILES string of the molecule is COCCN1C[C@H](NC(=O)Cc2ccc(F)cc2F)[C@@H](C2CC2)C1.Cl. The number of halogens is 3. The molecule has 2 fully saturated rings. The maximum Gasteiger partial charge on any atom is 0.224 e. The van der Waals surface area contributed by atoms with Crippen LogP contribution in [0.4, 0.5) is 8.78 Å². The molecule has 0 unspecified atom stereocenters. The Balaban J connectivity index is 0.00000225. The zero-order chi connectivity index (χ0) is 17.1. The molecule has 1 aliphatic heterocycles. The van der Waals surface area contributed by atoms with Crippen molar-refractivity contribution < 1.29 is 18.3 Å². The van der Waals surface area contributed by atoms with Gasteiger partial charge in [-0.2, -0.15) is 0 Å². The van der Waals surface area contributed by atoms with E-state index < -0.39 is 11.6 Å². The van der Waals surface area contributed by atoms with E-state index in [4.69, 9.17) is 4.74 Å². The van der Waals surface area contributed by atoms with E-state index in [1.165, 1.54) is 25.0 Å². The van der Waals surface area contributed by atoms with E-state index in [-0.39, 0.29) is 36.3 Å². The predicted octanol–water partition coefficient (Wildman–Crippen LogP) is 2.40.